The van der Waals surface area contributed by atoms with Crippen LogP contribution in [0.25, 0.3) is 55.3 Å². The van der Waals surface area contributed by atoms with E-state index in [9.17, 15) is 80.7 Å². The van der Waals surface area contributed by atoms with Gasteiger partial charge in [0.05, 0.1) is 65.8 Å². The van der Waals surface area contributed by atoms with Crippen molar-refractivity contribution >= 4 is 207 Å². The monoisotopic (exact) mass is 2050 g/mol. The second-order valence-corrected chi connectivity index (χ2v) is 39.3. The van der Waals surface area contributed by atoms with E-state index in [2.05, 4.69) is 34.9 Å². The molecule has 1 aliphatic rings. The number of hydrogen-bond acceptors (Lipinski definition) is 25. The summed E-state index contributed by atoms with van der Waals surface area (Å²) in [5.74, 6) is -1.95. The van der Waals surface area contributed by atoms with Crippen LogP contribution in [0.2, 0.25) is 25.2 Å². The molecule has 0 spiro atoms. The summed E-state index contributed by atoms with van der Waals surface area (Å²) in [6, 6.07) is 51.8. The SMILES string of the molecule is CCSc1cc2cc(Cl)ccc2nc1C(=O)C(C(=O)OC(C)(C)Cc1ccccc1)c1ncc(C)cc1[N+](=O)[O-].CCSc1cc2cc(Cl)ccc2nc1C(=O)CC(=O)OC(C)(C)Cc1ccccc1.CCSc1cc2cc(Cl)ccc2nc1C(=O)Cc1ncc(C(F)(F)F)cc1[N+](=O)[O-].CCSc1cc2cc(Cl)ccc2nc1C1=Cc2ncc(C(F)(F)F)cc2C1.Cc1cnc(Cl)c([N+](=O)[O-])c1. The summed E-state index contributed by atoms with van der Waals surface area (Å²) < 4.78 is 89.0. The third-order valence-electron chi connectivity index (χ3n) is 20.2. The first kappa shape index (κ1) is 106. The summed E-state index contributed by atoms with van der Waals surface area (Å²) in [4.78, 5) is 134. The number of halogens is 11. The predicted octanol–water partition coefficient (Wildman–Crippen LogP) is 27.5. The molecule has 0 fully saturated rings. The molecule has 138 heavy (non-hydrogen) atoms. The van der Waals surface area contributed by atoms with Crippen molar-refractivity contribution in [2.24, 2.45) is 0 Å². The zero-order valence-electron chi connectivity index (χ0n) is 75.2. The molecular weight excluding hydrogens is 1970 g/mol. The summed E-state index contributed by atoms with van der Waals surface area (Å²) >= 11 is 35.6. The van der Waals surface area contributed by atoms with Gasteiger partial charge in [-0.15, -0.1) is 47.0 Å². The number of fused-ring (bicyclic) bond motifs is 5. The molecule has 15 rings (SSSR count). The second-order valence-electron chi connectivity index (χ2n) is 32.0. The van der Waals surface area contributed by atoms with E-state index in [0.29, 0.717) is 117 Å². The number of esters is 2. The number of carbonyl (C=O) groups is 5. The van der Waals surface area contributed by atoms with Gasteiger partial charge in [-0.05, 0) is 207 Å². The van der Waals surface area contributed by atoms with Crippen LogP contribution in [0, 0.1) is 44.2 Å². The van der Waals surface area contributed by atoms with E-state index in [4.69, 9.17) is 72.5 Å². The molecule has 0 N–H and O–H groups in total. The largest absolute Gasteiger partial charge is 0.459 e. The van der Waals surface area contributed by atoms with E-state index < -0.39 is 96.7 Å². The van der Waals surface area contributed by atoms with E-state index in [1.165, 1.54) is 65.9 Å². The normalized spacial score (nSPS) is 12.0. The van der Waals surface area contributed by atoms with Crippen molar-refractivity contribution in [1.82, 2.24) is 39.9 Å². The number of pyridine rings is 8. The molecule has 8 heterocycles. The van der Waals surface area contributed by atoms with Gasteiger partial charge < -0.3 is 9.47 Å². The summed E-state index contributed by atoms with van der Waals surface area (Å²) in [6.45, 7) is 18.4. The highest BCUT2D eigenvalue weighted by atomic mass is 35.5. The molecule has 39 heteroatoms. The predicted molar refractivity (Wildman–Crippen MR) is 530 cm³/mol. The number of alkyl halides is 6. The van der Waals surface area contributed by atoms with Crippen molar-refractivity contribution in [2.75, 3.05) is 23.0 Å². The van der Waals surface area contributed by atoms with Gasteiger partial charge in [0.25, 0.3) is 11.4 Å². The van der Waals surface area contributed by atoms with Gasteiger partial charge in [0, 0.05) is 123 Å². The van der Waals surface area contributed by atoms with Gasteiger partial charge in [0.15, 0.2) is 17.5 Å². The number of aromatic nitrogens is 8. The number of aryl methyl sites for hydroxylation is 2. The zero-order chi connectivity index (χ0) is 100. The first-order valence-electron chi connectivity index (χ1n) is 42.2. The van der Waals surface area contributed by atoms with Gasteiger partial charge in [-0.3, -0.25) is 69.3 Å². The summed E-state index contributed by atoms with van der Waals surface area (Å²) in [7, 11) is 0. The van der Waals surface area contributed by atoms with Crippen LogP contribution in [0.5, 0.6) is 0 Å². The number of hydrogen-bond donors (Lipinski definition) is 0. The molecule has 0 radical (unpaired) electrons. The standard InChI is InChI=1S/C30H28ClN3O5S.C24H24ClNO3S.C20H14ClF3N2S.C19H13ClF3N3O3S.C6H5ClN2O2/c1-5-40-24-15-20-14-21(31)11-12-22(20)33-27(24)28(35)25(26-23(34(37)38)13-18(2)17-32-26)29(36)39-30(3,4)16-19-9-7-6-8-10-19;1-4-30-21-13-17-12-18(25)10-11-19(17)26-23(21)20(27)14-22(28)29-24(2,3)15-16-8-6-5-7-9-16;1-2-27-18-9-12-7-15(21)3-4-16(12)26-19(18)13-5-11-6-14(20(22,23)24)10-25-17(11)8-13;1-2-30-17-6-10-5-12(20)3-4-13(10)25-18(17)16(27)8-14-15(26(28)29)7-11(9-24-14)19(21,22)23;1-4-2-5(9(10)11)6(7)8-3-4/h6-15,17,25H,5,16H2,1-4H3;5-13H,4,14-15H2,1-3H3;3-4,6-10H,2,5H2,1H3;3-7,9H,2,8H2,1H3;2-3H,1H3. The molecule has 0 aliphatic heterocycles. The lowest BCUT2D eigenvalue weighted by Gasteiger charge is -2.27. The molecular formula is C99H84Cl5F6N11O13S4. The van der Waals surface area contributed by atoms with Gasteiger partial charge in [-0.25, -0.2) is 24.9 Å². The number of carbonyl (C=O) groups excluding carboxylic acids is 5. The molecule has 1 aliphatic carbocycles. The van der Waals surface area contributed by atoms with Crippen molar-refractivity contribution in [3.63, 3.8) is 0 Å². The maximum Gasteiger partial charge on any atom is 0.418 e. The fourth-order valence-electron chi connectivity index (χ4n) is 14.3. The lowest BCUT2D eigenvalue weighted by atomic mass is 9.93. The number of nitrogens with zero attached hydrogens (tertiary/aromatic N) is 11. The Bertz CT molecular complexity index is 7040. The van der Waals surface area contributed by atoms with Crippen molar-refractivity contribution < 1.29 is 74.6 Å². The Morgan fingerprint density at radius 1 is 0.449 bits per heavy atom. The van der Waals surface area contributed by atoms with E-state index in [1.54, 1.807) is 106 Å². The van der Waals surface area contributed by atoms with Crippen LogP contribution in [0.15, 0.2) is 226 Å². The van der Waals surface area contributed by atoms with E-state index in [1.807, 2.05) is 139 Å². The van der Waals surface area contributed by atoms with Crippen LogP contribution < -0.4 is 0 Å². The van der Waals surface area contributed by atoms with Gasteiger partial charge >= 0.3 is 30.0 Å². The molecule has 0 bridgehead atoms. The number of ketones is 3. The van der Waals surface area contributed by atoms with Crippen LogP contribution in [0.3, 0.4) is 0 Å². The molecule has 24 nitrogen and oxygen atoms in total. The summed E-state index contributed by atoms with van der Waals surface area (Å²) in [5.41, 5.74) is 3.11. The molecule has 0 saturated carbocycles. The fourth-order valence-corrected chi connectivity index (χ4v) is 18.5. The van der Waals surface area contributed by atoms with Crippen molar-refractivity contribution in [1.29, 1.82) is 0 Å². The Morgan fingerprint density at radius 2 is 0.855 bits per heavy atom. The minimum atomic E-state index is -4.79. The number of Topliss-reactive ketones (excluding diaryl/α,β-unsaturated/α-hetero) is 3. The maximum atomic E-state index is 14.2. The number of ether oxygens (including phenoxy) is 2. The molecule has 1 atom stereocenters. The Hall–Kier alpha value is -12.1. The van der Waals surface area contributed by atoms with Crippen LogP contribution in [-0.2, 0) is 57.1 Å². The quantitative estimate of drug-likeness (QED) is 0.00642. The lowest BCUT2D eigenvalue weighted by molar-refractivity contribution is -0.386. The highest BCUT2D eigenvalue weighted by Gasteiger charge is 2.43. The topological polar surface area (TPSA) is 336 Å². The highest BCUT2D eigenvalue weighted by Crippen LogP contribution is 2.43. The van der Waals surface area contributed by atoms with Crippen molar-refractivity contribution in [3.05, 3.63) is 341 Å². The summed E-state index contributed by atoms with van der Waals surface area (Å²) in [6.07, 6.45) is -2.69. The Morgan fingerprint density at radius 3 is 1.31 bits per heavy atom. The molecule has 714 valence electrons. The third-order valence-corrected chi connectivity index (χ3v) is 25.1. The Kier molecular flexibility index (Phi) is 36.2. The average molecular weight is 2060 g/mol. The van der Waals surface area contributed by atoms with Gasteiger partial charge in [0.1, 0.15) is 46.1 Å². The number of rotatable bonds is 28. The molecule has 8 aromatic heterocycles. The smallest absolute Gasteiger partial charge is 0.418 e. The van der Waals surface area contributed by atoms with E-state index >= 15 is 0 Å². The van der Waals surface area contributed by atoms with Crippen molar-refractivity contribution in [3.8, 4) is 0 Å². The molecule has 0 amide bonds. The van der Waals surface area contributed by atoms with Crippen LogP contribution >= 0.6 is 105 Å². The van der Waals surface area contributed by atoms with Crippen LogP contribution in [-0.4, -0.2) is 118 Å². The lowest BCUT2D eigenvalue weighted by Crippen LogP contribution is -2.36. The number of nitro groups is 3. The second kappa shape index (κ2) is 47.0. The van der Waals surface area contributed by atoms with Crippen molar-refractivity contribution in [2.45, 2.75) is 150 Å². The Balaban J connectivity index is 0.000000171. The fraction of sp³-hybridized carbons (Fsp3) is 0.242. The molecule has 0 saturated heterocycles. The number of benzene rings is 6. The van der Waals surface area contributed by atoms with Gasteiger partial charge in [-0.1, -0.05) is 146 Å². The first-order valence-corrected chi connectivity index (χ1v) is 48.1. The van der Waals surface area contributed by atoms with E-state index in [-0.39, 0.29) is 45.8 Å². The minimum absolute atomic E-state index is 0.0150. The maximum absolute atomic E-state index is 14.2. The van der Waals surface area contributed by atoms with E-state index in [0.717, 1.165) is 77.1 Å². The molecule has 6 aromatic carbocycles. The minimum Gasteiger partial charge on any atom is -0.459 e. The van der Waals surface area contributed by atoms with Gasteiger partial charge in [-0.2, -0.15) is 26.3 Å². The average Bonchev–Trinajstić information content (AvgIpc) is 1.57. The molecule has 1 unspecified atom stereocenters. The number of allylic oxidation sites excluding steroid dienone is 1. The van der Waals surface area contributed by atoms with Crippen LogP contribution in [0.1, 0.15) is 161 Å². The molecule has 14 aromatic rings. The third kappa shape index (κ3) is 28.6. The number of thioether (sulfide) groups is 4. The zero-order valence-corrected chi connectivity index (χ0v) is 82.2. The highest BCUT2D eigenvalue weighted by molar-refractivity contribution is 8.00. The summed E-state index contributed by atoms with van der Waals surface area (Å²) in [5, 5.41) is 39.0. The Labute approximate surface area is 829 Å². The van der Waals surface area contributed by atoms with Crippen LogP contribution in [0.4, 0.5) is 43.4 Å². The van der Waals surface area contributed by atoms with Gasteiger partial charge in [0.2, 0.25) is 10.9 Å². The first-order chi connectivity index (χ1) is 65.3.